The van der Waals surface area contributed by atoms with Crippen LogP contribution in [0.4, 0.5) is 26.3 Å². The van der Waals surface area contributed by atoms with Crippen LogP contribution in [0.2, 0.25) is 0 Å². The largest absolute Gasteiger partial charge is 0.504 e. The second-order valence-corrected chi connectivity index (χ2v) is 27.1. The van der Waals surface area contributed by atoms with E-state index >= 15 is 0 Å². The van der Waals surface area contributed by atoms with E-state index in [1.165, 1.54) is 35.2 Å². The third-order valence-corrected chi connectivity index (χ3v) is 21.4. The summed E-state index contributed by atoms with van der Waals surface area (Å²) < 4.78 is 151. The number of aromatic hydroxyl groups is 1. The van der Waals surface area contributed by atoms with Crippen molar-refractivity contribution in [1.29, 1.82) is 10.5 Å². The highest BCUT2D eigenvalue weighted by molar-refractivity contribution is 5.82. The summed E-state index contributed by atoms with van der Waals surface area (Å²) in [5.41, 5.74) is 7.91. The molecule has 8 heterocycles. The van der Waals surface area contributed by atoms with Gasteiger partial charge in [0.15, 0.2) is 52.8 Å². The number of benzene rings is 6. The van der Waals surface area contributed by atoms with Gasteiger partial charge >= 0.3 is 36.2 Å². The first-order chi connectivity index (χ1) is 50.2. The number of halogens is 6. The molecule has 2 saturated heterocycles. The van der Waals surface area contributed by atoms with Gasteiger partial charge in [-0.25, -0.2) is 9.59 Å². The molecule has 4 bridgehead atoms. The number of fused-ring (bicyclic) bond motifs is 18. The number of phenols is 1. The summed E-state index contributed by atoms with van der Waals surface area (Å²) in [6, 6.07) is 21.1. The molecular weight excluding hydrogens is 1380 g/mol. The number of rotatable bonds is 17. The van der Waals surface area contributed by atoms with Crippen molar-refractivity contribution in [3.8, 4) is 69.6 Å². The van der Waals surface area contributed by atoms with E-state index in [1.54, 1.807) is 0 Å². The number of piperazine rings is 2. The zero-order chi connectivity index (χ0) is 74.8. The van der Waals surface area contributed by atoms with Crippen molar-refractivity contribution in [3.63, 3.8) is 0 Å². The molecule has 10 atom stereocenters. The molecule has 2 unspecified atom stereocenters. The van der Waals surface area contributed by atoms with Gasteiger partial charge in [-0.2, -0.15) is 36.9 Å². The molecule has 29 heteroatoms. The fourth-order valence-corrected chi connectivity index (χ4v) is 17.1. The van der Waals surface area contributed by atoms with E-state index < -0.39 is 84.6 Å². The topological polar surface area (TPSA) is 260 Å². The van der Waals surface area contributed by atoms with Crippen LogP contribution in [0.15, 0.2) is 72.8 Å². The van der Waals surface area contributed by atoms with Gasteiger partial charge < -0.3 is 61.9 Å². The van der Waals surface area contributed by atoms with E-state index in [1.807, 2.05) is 115 Å². The maximum Gasteiger partial charge on any atom is 0.491 e. The van der Waals surface area contributed by atoms with Gasteiger partial charge in [-0.05, 0) is 114 Å². The lowest BCUT2D eigenvalue weighted by Crippen LogP contribution is -2.68. The summed E-state index contributed by atoms with van der Waals surface area (Å²) >= 11 is 0. The molecule has 0 spiro atoms. The van der Waals surface area contributed by atoms with Crippen LogP contribution in [0.3, 0.4) is 0 Å². The van der Waals surface area contributed by atoms with Crippen LogP contribution in [0, 0.1) is 50.4 Å². The molecule has 0 amide bonds. The normalized spacial score (nSPS) is 23.0. The standard InChI is InChI=1S/C39H40F3N3O9.C37H36F3N3O8/c1-20-13-23-14-25-27(16-43)45-26(32(44(25)3)30(23)36(33(20)49-5)51-18-48-4)15-24-31(28(45)17-50-29(46)12-11-22-9-7-6-8-10-22)37-35(52-19-53-37)21(2)34(24)54-38(47)39(40,41)42;1-18-12-21-13-23-25(15-41)43-24(30(42(23)3)28(21)31(45)32(18)47-4)14-22-29(26(43)16-48-27(44)11-10-20-8-6-5-7-9-20)35-34(49-17-50-35)19(2)33(22)51-36(46)37(38,39)40/h6-10,13,25-28,32H,11-12,14-15,17-19H2,1-5H3;5-9,12,23-26,30,45H,10-11,13-14,16-17H2,1-4H3/t25-,26?,27-,28-,32-;23-,24?,25-,26-,30-/m00/s1. The lowest BCUT2D eigenvalue weighted by atomic mass is 9.71. The molecule has 0 aliphatic carbocycles. The number of hydrogen-bond donors (Lipinski definition) is 1. The van der Waals surface area contributed by atoms with Gasteiger partial charge in [0.05, 0.1) is 50.5 Å². The number of nitrogens with zero attached hydrogens (tertiary/aromatic N) is 6. The summed E-state index contributed by atoms with van der Waals surface area (Å²) in [5, 5.41) is 33.4. The number of aryl methyl sites for hydroxylation is 4. The lowest BCUT2D eigenvalue weighted by Gasteiger charge is -2.59. The maximum atomic E-state index is 13.8. The summed E-state index contributed by atoms with van der Waals surface area (Å²) in [5.74, 6) is -4.65. The molecule has 14 rings (SSSR count). The first-order valence-corrected chi connectivity index (χ1v) is 34.1. The molecule has 8 aliphatic rings. The monoisotopic (exact) mass is 1460 g/mol. The smallest absolute Gasteiger partial charge is 0.491 e. The second-order valence-electron chi connectivity index (χ2n) is 27.1. The fourth-order valence-electron chi connectivity index (χ4n) is 17.1. The highest BCUT2D eigenvalue weighted by atomic mass is 19.4. The van der Waals surface area contributed by atoms with Crippen LogP contribution in [-0.4, -0.2) is 166 Å². The van der Waals surface area contributed by atoms with Gasteiger partial charge in [0.2, 0.25) is 13.6 Å². The summed E-state index contributed by atoms with van der Waals surface area (Å²) in [6.45, 7) is 5.54. The Hall–Kier alpha value is -10.0. The van der Waals surface area contributed by atoms with Crippen LogP contribution < -0.4 is 42.6 Å². The molecule has 0 saturated carbocycles. The van der Waals surface area contributed by atoms with E-state index in [4.69, 9.17) is 56.8 Å². The van der Waals surface area contributed by atoms with Crippen molar-refractivity contribution in [2.75, 3.05) is 69.0 Å². The van der Waals surface area contributed by atoms with E-state index in [0.717, 1.165) is 33.4 Å². The predicted octanol–water partition coefficient (Wildman–Crippen LogP) is 10.6. The van der Waals surface area contributed by atoms with Gasteiger partial charge in [-0.1, -0.05) is 72.8 Å². The zero-order valence-electron chi connectivity index (χ0n) is 58.8. The van der Waals surface area contributed by atoms with Gasteiger partial charge in [-0.15, -0.1) is 0 Å². The van der Waals surface area contributed by atoms with E-state index in [0.29, 0.717) is 59.4 Å². The van der Waals surface area contributed by atoms with E-state index in [-0.39, 0.29) is 140 Å². The number of carbonyl (C=O) groups is 4. The number of likely N-dealkylation sites (N-methyl/N-ethyl adjacent to an activating group) is 2. The first-order valence-electron chi connectivity index (χ1n) is 34.1. The first kappa shape index (κ1) is 73.3. The Morgan fingerprint density at radius 1 is 0.543 bits per heavy atom. The van der Waals surface area contributed by atoms with Crippen molar-refractivity contribution < 1.29 is 107 Å². The highest BCUT2D eigenvalue weighted by Crippen LogP contribution is 2.62. The quantitative estimate of drug-likeness (QED) is 0.0385. The SMILES string of the molecule is COCOc1c(OC)c(C)cc2c1[C@@H]1C3Cc4c(OC(=O)C(F)(F)F)c(C)c5c(c4[C@H](COC(=O)CCc4ccccc4)N3[C@@H](C#N)[C@H](C2)N1C)OCO5.COc1c(C)cc2c(c1O)[C@@H]1C3Cc4c(OC(=O)C(F)(F)F)c(C)c5c(c4[C@H](COC(=O)CCc4ccccc4)N3[C@@H](C#N)[C@H](C2)N1C)OCO5. The van der Waals surface area contributed by atoms with Crippen LogP contribution >= 0.6 is 0 Å². The van der Waals surface area contributed by atoms with Gasteiger partial charge in [0, 0.05) is 88.6 Å². The minimum atomic E-state index is -5.29. The Labute approximate surface area is 600 Å². The van der Waals surface area contributed by atoms with Crippen molar-refractivity contribution in [3.05, 3.63) is 151 Å². The number of hydrogen-bond acceptors (Lipinski definition) is 23. The van der Waals surface area contributed by atoms with Crippen molar-refractivity contribution in [1.82, 2.24) is 19.6 Å². The molecule has 8 aliphatic heterocycles. The average molecular weight is 1460 g/mol. The van der Waals surface area contributed by atoms with Gasteiger partial charge in [0.1, 0.15) is 36.8 Å². The number of phenolic OH excluding ortho intramolecular Hbond substituents is 1. The molecule has 6 aromatic carbocycles. The molecule has 0 aromatic heterocycles. The summed E-state index contributed by atoms with van der Waals surface area (Å²) in [6.07, 6.45) is -8.76. The Morgan fingerprint density at radius 2 is 0.952 bits per heavy atom. The third kappa shape index (κ3) is 13.1. The molecule has 6 aromatic rings. The van der Waals surface area contributed by atoms with Crippen molar-refractivity contribution >= 4 is 23.9 Å². The van der Waals surface area contributed by atoms with Gasteiger partial charge in [0.25, 0.3) is 0 Å². The molecular formula is C76H76F6N6O17. The number of nitriles is 2. The molecule has 23 nitrogen and oxygen atoms in total. The highest BCUT2D eigenvalue weighted by Gasteiger charge is 2.60. The Morgan fingerprint density at radius 3 is 1.36 bits per heavy atom. The van der Waals surface area contributed by atoms with Crippen molar-refractivity contribution in [2.45, 2.75) is 152 Å². The molecule has 105 heavy (non-hydrogen) atoms. The molecule has 1 N–H and O–H groups in total. The van der Waals surface area contributed by atoms with E-state index in [2.05, 4.69) is 17.0 Å². The number of methoxy groups -OCH3 is 3. The zero-order valence-corrected chi connectivity index (χ0v) is 58.8. The minimum Gasteiger partial charge on any atom is -0.504 e. The van der Waals surface area contributed by atoms with Crippen LogP contribution in [0.1, 0.15) is 115 Å². The summed E-state index contributed by atoms with van der Waals surface area (Å²) in [7, 11) is 8.23. The molecule has 0 radical (unpaired) electrons. The fraction of sp³-hybridized carbons (Fsp3) is 0.447. The second kappa shape index (κ2) is 29.1. The number of alkyl halides is 6. The Bertz CT molecular complexity index is 4510. The summed E-state index contributed by atoms with van der Waals surface area (Å²) in [4.78, 5) is 59.4. The maximum absolute atomic E-state index is 13.8. The van der Waals surface area contributed by atoms with Gasteiger partial charge in [-0.3, -0.25) is 29.2 Å². The predicted molar refractivity (Wildman–Crippen MR) is 358 cm³/mol. The third-order valence-electron chi connectivity index (χ3n) is 21.4. The molecule has 2 fully saturated rings. The van der Waals surface area contributed by atoms with Crippen LogP contribution in [0.5, 0.6) is 57.5 Å². The van der Waals surface area contributed by atoms with Crippen LogP contribution in [-0.2, 0) is 71.9 Å². The average Bonchev–Trinajstić information content (AvgIpc) is 0.923. The lowest BCUT2D eigenvalue weighted by molar-refractivity contribution is -0.189. The minimum absolute atomic E-state index is 0.0132. The van der Waals surface area contributed by atoms with Crippen LogP contribution in [0.25, 0.3) is 0 Å². The molecule has 554 valence electrons. The van der Waals surface area contributed by atoms with E-state index in [9.17, 15) is 61.2 Å². The van der Waals surface area contributed by atoms with Crippen molar-refractivity contribution in [2.24, 2.45) is 0 Å². The number of esters is 4. The Kier molecular flexibility index (Phi) is 20.3. The number of carbonyl (C=O) groups excluding carboxylic acids is 4. The Balaban J connectivity index is 0.000000187. The number of ether oxygens (including phenoxy) is 12.